The summed E-state index contributed by atoms with van der Waals surface area (Å²) in [6, 6.07) is 1.92. The molecular weight excluding hydrogens is 250 g/mol. The lowest BCUT2D eigenvalue weighted by Gasteiger charge is -2.12. The number of nitrogens with one attached hydrogen (secondary N) is 2. The van der Waals surface area contributed by atoms with Gasteiger partial charge in [-0.15, -0.1) is 11.3 Å². The lowest BCUT2D eigenvalue weighted by molar-refractivity contribution is -0.117. The van der Waals surface area contributed by atoms with Crippen LogP contribution < -0.4 is 11.0 Å². The molecule has 18 heavy (non-hydrogen) atoms. The van der Waals surface area contributed by atoms with Gasteiger partial charge in [0.05, 0.1) is 5.39 Å². The fraction of sp³-hybridized carbons (Fsp3) is 0.417. The van der Waals surface area contributed by atoms with Crippen LogP contribution in [0.1, 0.15) is 20.3 Å². The molecule has 96 valence electrons. The van der Waals surface area contributed by atoms with E-state index in [9.17, 15) is 9.59 Å². The summed E-state index contributed by atoms with van der Waals surface area (Å²) in [6.45, 7) is 4.23. The fourth-order valence-electron chi connectivity index (χ4n) is 1.85. The number of thiophene rings is 1. The summed E-state index contributed by atoms with van der Waals surface area (Å²) in [5, 5.41) is 5.99. The minimum absolute atomic E-state index is 0.174. The van der Waals surface area contributed by atoms with Crippen LogP contribution in [0.3, 0.4) is 0 Å². The molecule has 0 aromatic carbocycles. The van der Waals surface area contributed by atoms with Crippen LogP contribution in [0.25, 0.3) is 10.2 Å². The third-order valence-electron chi connectivity index (χ3n) is 2.61. The van der Waals surface area contributed by atoms with Gasteiger partial charge in [0.25, 0.3) is 0 Å². The van der Waals surface area contributed by atoms with Crippen LogP contribution in [0.15, 0.2) is 16.2 Å². The SMILES string of the molecule is CC(=O)CC(C)CNc1[nH]c(=O)nc2sccc12. The van der Waals surface area contributed by atoms with Gasteiger partial charge >= 0.3 is 5.69 Å². The maximum absolute atomic E-state index is 11.4. The lowest BCUT2D eigenvalue weighted by Crippen LogP contribution is -2.18. The van der Waals surface area contributed by atoms with E-state index in [1.54, 1.807) is 6.92 Å². The average molecular weight is 265 g/mol. The molecule has 1 atom stereocenters. The molecule has 2 rings (SSSR count). The Hall–Kier alpha value is -1.69. The number of carbonyl (C=O) groups excluding carboxylic acids is 1. The summed E-state index contributed by atoms with van der Waals surface area (Å²) >= 11 is 1.44. The first-order chi connectivity index (χ1) is 8.56. The zero-order chi connectivity index (χ0) is 13.1. The number of rotatable bonds is 5. The topological polar surface area (TPSA) is 74.8 Å². The molecule has 6 heteroatoms. The predicted octanol–water partition coefficient (Wildman–Crippen LogP) is 2.01. The van der Waals surface area contributed by atoms with Gasteiger partial charge in [-0.1, -0.05) is 6.92 Å². The molecule has 0 saturated carbocycles. The summed E-state index contributed by atoms with van der Waals surface area (Å²) in [5.41, 5.74) is -0.355. The molecule has 0 saturated heterocycles. The Bertz CT molecular complexity index is 617. The molecule has 0 aliphatic heterocycles. The molecule has 0 amide bonds. The number of fused-ring (bicyclic) bond motifs is 1. The molecule has 0 fully saturated rings. The van der Waals surface area contributed by atoms with Crippen LogP contribution in [-0.2, 0) is 4.79 Å². The van der Waals surface area contributed by atoms with Crippen molar-refractivity contribution in [1.29, 1.82) is 0 Å². The van der Waals surface area contributed by atoms with Gasteiger partial charge < -0.3 is 10.1 Å². The Morgan fingerprint density at radius 1 is 1.61 bits per heavy atom. The van der Waals surface area contributed by atoms with E-state index < -0.39 is 0 Å². The number of hydrogen-bond acceptors (Lipinski definition) is 5. The van der Waals surface area contributed by atoms with E-state index >= 15 is 0 Å². The van der Waals surface area contributed by atoms with Crippen molar-refractivity contribution in [2.75, 3.05) is 11.9 Å². The van der Waals surface area contributed by atoms with Gasteiger partial charge in [-0.25, -0.2) is 4.79 Å². The molecule has 0 aliphatic carbocycles. The van der Waals surface area contributed by atoms with Gasteiger partial charge in [-0.3, -0.25) is 4.98 Å². The Kier molecular flexibility index (Phi) is 3.76. The van der Waals surface area contributed by atoms with E-state index in [2.05, 4.69) is 15.3 Å². The van der Waals surface area contributed by atoms with Crippen LogP contribution in [0, 0.1) is 5.92 Å². The number of aromatic nitrogens is 2. The number of H-pyrrole nitrogens is 1. The molecule has 2 N–H and O–H groups in total. The minimum Gasteiger partial charge on any atom is -0.371 e. The van der Waals surface area contributed by atoms with Crippen LogP contribution >= 0.6 is 11.3 Å². The number of hydrogen-bond donors (Lipinski definition) is 2. The highest BCUT2D eigenvalue weighted by atomic mass is 32.1. The van der Waals surface area contributed by atoms with Gasteiger partial charge in [-0.2, -0.15) is 4.98 Å². The van der Waals surface area contributed by atoms with E-state index in [-0.39, 0.29) is 17.4 Å². The molecule has 1 unspecified atom stereocenters. The van der Waals surface area contributed by atoms with Gasteiger partial charge in [0.1, 0.15) is 16.4 Å². The molecular formula is C12H15N3O2S. The van der Waals surface area contributed by atoms with Crippen molar-refractivity contribution in [1.82, 2.24) is 9.97 Å². The standard InChI is InChI=1S/C12H15N3O2S/c1-7(5-8(2)16)6-13-10-9-3-4-18-11(9)15-12(17)14-10/h3-4,7H,5-6H2,1-2H3,(H2,13,14,15,17). The first-order valence-corrected chi connectivity index (χ1v) is 6.65. The van der Waals surface area contributed by atoms with Gasteiger partial charge in [0.2, 0.25) is 0 Å². The largest absolute Gasteiger partial charge is 0.371 e. The molecule has 2 heterocycles. The van der Waals surface area contributed by atoms with E-state index in [0.717, 1.165) is 10.2 Å². The van der Waals surface area contributed by atoms with Crippen molar-refractivity contribution < 1.29 is 4.79 Å². The normalized spacial score (nSPS) is 12.6. The Labute approximate surface area is 108 Å². The molecule has 0 aliphatic rings. The summed E-state index contributed by atoms with van der Waals surface area (Å²) in [5.74, 6) is 1.09. The first kappa shape index (κ1) is 12.8. The summed E-state index contributed by atoms with van der Waals surface area (Å²) in [7, 11) is 0. The molecule has 0 spiro atoms. The smallest absolute Gasteiger partial charge is 0.347 e. The second kappa shape index (κ2) is 5.30. The van der Waals surface area contributed by atoms with Crippen LogP contribution in [0.5, 0.6) is 0 Å². The highest BCUT2D eigenvalue weighted by Gasteiger charge is 2.08. The fourth-order valence-corrected chi connectivity index (χ4v) is 2.62. The maximum atomic E-state index is 11.4. The number of ketones is 1. The Balaban J connectivity index is 2.14. The van der Waals surface area contributed by atoms with E-state index in [4.69, 9.17) is 0 Å². The van der Waals surface area contributed by atoms with Gasteiger partial charge in [-0.05, 0) is 24.3 Å². The summed E-state index contributed by atoms with van der Waals surface area (Å²) < 4.78 is 0. The number of carbonyl (C=O) groups is 1. The quantitative estimate of drug-likeness (QED) is 0.867. The van der Waals surface area contributed by atoms with Crippen molar-refractivity contribution in [3.8, 4) is 0 Å². The van der Waals surface area contributed by atoms with Crippen molar-refractivity contribution in [3.63, 3.8) is 0 Å². The van der Waals surface area contributed by atoms with Crippen molar-refractivity contribution in [2.24, 2.45) is 5.92 Å². The van der Waals surface area contributed by atoms with Crippen LogP contribution in [-0.4, -0.2) is 22.3 Å². The van der Waals surface area contributed by atoms with E-state index in [0.29, 0.717) is 18.8 Å². The van der Waals surface area contributed by atoms with Crippen LogP contribution in [0.2, 0.25) is 0 Å². The zero-order valence-corrected chi connectivity index (χ0v) is 11.1. The first-order valence-electron chi connectivity index (χ1n) is 5.77. The van der Waals surface area contributed by atoms with Gasteiger partial charge in [0.15, 0.2) is 0 Å². The Morgan fingerprint density at radius 2 is 2.39 bits per heavy atom. The Morgan fingerprint density at radius 3 is 3.11 bits per heavy atom. The van der Waals surface area contributed by atoms with E-state index in [1.165, 1.54) is 11.3 Å². The third kappa shape index (κ3) is 2.95. The number of nitrogens with zero attached hydrogens (tertiary/aromatic N) is 1. The summed E-state index contributed by atoms with van der Waals surface area (Å²) in [6.07, 6.45) is 0.537. The minimum atomic E-state index is -0.355. The van der Waals surface area contributed by atoms with Crippen molar-refractivity contribution in [3.05, 3.63) is 21.9 Å². The second-order valence-corrected chi connectivity index (χ2v) is 5.34. The molecule has 5 nitrogen and oxygen atoms in total. The molecule has 0 radical (unpaired) electrons. The maximum Gasteiger partial charge on any atom is 0.347 e. The average Bonchev–Trinajstić information content (AvgIpc) is 2.72. The second-order valence-electron chi connectivity index (χ2n) is 4.45. The number of aromatic amines is 1. The van der Waals surface area contributed by atoms with Crippen molar-refractivity contribution in [2.45, 2.75) is 20.3 Å². The monoisotopic (exact) mass is 265 g/mol. The number of anilines is 1. The molecule has 2 aromatic heterocycles. The van der Waals surface area contributed by atoms with E-state index in [1.807, 2.05) is 18.4 Å². The van der Waals surface area contributed by atoms with Crippen molar-refractivity contribution >= 4 is 33.2 Å². The zero-order valence-electron chi connectivity index (χ0n) is 10.3. The number of Topliss-reactive ketones (excluding diaryl/α,β-unsaturated/α-hetero) is 1. The highest BCUT2D eigenvalue weighted by Crippen LogP contribution is 2.22. The molecule has 2 aromatic rings. The molecule has 0 bridgehead atoms. The highest BCUT2D eigenvalue weighted by molar-refractivity contribution is 7.16. The van der Waals surface area contributed by atoms with Gasteiger partial charge in [0, 0.05) is 13.0 Å². The predicted molar refractivity (Wildman–Crippen MR) is 73.2 cm³/mol. The lowest BCUT2D eigenvalue weighted by atomic mass is 10.1. The van der Waals surface area contributed by atoms with Crippen LogP contribution in [0.4, 0.5) is 5.82 Å². The third-order valence-corrected chi connectivity index (χ3v) is 3.42. The summed E-state index contributed by atoms with van der Waals surface area (Å²) in [4.78, 5) is 29.7.